The first-order valence-electron chi connectivity index (χ1n) is 10.7. The lowest BCUT2D eigenvalue weighted by Gasteiger charge is -2.69. The van der Waals surface area contributed by atoms with Crippen LogP contribution in [0.2, 0.25) is 0 Å². The Morgan fingerprint density at radius 3 is 2.75 bits per heavy atom. The summed E-state index contributed by atoms with van der Waals surface area (Å²) in [5.41, 5.74) is 0. The SMILES string of the molecule is O=C1[C@H]2CCC[C@H]3CC[C@H]4N5CCCC[C@H]5[C@@H]5CCCN1[C@H]5N4[C@@H]32. The van der Waals surface area contributed by atoms with Crippen LogP contribution in [0, 0.1) is 17.8 Å². The summed E-state index contributed by atoms with van der Waals surface area (Å²) in [5.74, 6) is 2.39. The van der Waals surface area contributed by atoms with E-state index in [1.165, 1.54) is 64.3 Å². The van der Waals surface area contributed by atoms with Crippen molar-refractivity contribution in [2.24, 2.45) is 17.8 Å². The fourth-order valence-corrected chi connectivity index (χ4v) is 7.75. The lowest BCUT2D eigenvalue weighted by Crippen LogP contribution is -2.80. The minimum atomic E-state index is 0.322. The highest BCUT2D eigenvalue weighted by Crippen LogP contribution is 2.53. The molecule has 6 rings (SSSR count). The molecule has 7 atom stereocenters. The molecule has 5 heterocycles. The maximum atomic E-state index is 13.3. The lowest BCUT2D eigenvalue weighted by molar-refractivity contribution is -0.245. The Morgan fingerprint density at radius 1 is 0.833 bits per heavy atom. The molecule has 0 spiro atoms. The summed E-state index contributed by atoms with van der Waals surface area (Å²) >= 11 is 0. The van der Waals surface area contributed by atoms with Crippen molar-refractivity contribution in [2.45, 2.75) is 88.6 Å². The van der Waals surface area contributed by atoms with Crippen LogP contribution < -0.4 is 0 Å². The van der Waals surface area contributed by atoms with Gasteiger partial charge >= 0.3 is 0 Å². The molecule has 6 aliphatic rings. The Kier molecular flexibility index (Phi) is 3.15. The van der Waals surface area contributed by atoms with Crippen LogP contribution >= 0.6 is 0 Å². The van der Waals surface area contributed by atoms with Gasteiger partial charge in [-0.1, -0.05) is 12.8 Å². The summed E-state index contributed by atoms with van der Waals surface area (Å²) < 4.78 is 0. The average Bonchev–Trinajstić information content (AvgIpc) is 2.65. The molecule has 1 saturated carbocycles. The van der Waals surface area contributed by atoms with E-state index in [1.54, 1.807) is 0 Å². The van der Waals surface area contributed by atoms with Crippen molar-refractivity contribution in [3.8, 4) is 0 Å². The van der Waals surface area contributed by atoms with E-state index in [1.807, 2.05) is 0 Å². The van der Waals surface area contributed by atoms with Crippen LogP contribution in [0.3, 0.4) is 0 Å². The molecule has 0 bridgehead atoms. The van der Waals surface area contributed by atoms with E-state index >= 15 is 0 Å². The number of carbonyl (C=O) groups excluding carboxylic acids is 1. The molecule has 5 saturated heterocycles. The van der Waals surface area contributed by atoms with Crippen molar-refractivity contribution < 1.29 is 4.79 Å². The second-order valence-corrected chi connectivity index (χ2v) is 9.35. The number of hydrogen-bond acceptors (Lipinski definition) is 3. The quantitative estimate of drug-likeness (QED) is 0.683. The molecule has 0 N–H and O–H groups in total. The molecule has 1 aliphatic carbocycles. The van der Waals surface area contributed by atoms with E-state index < -0.39 is 0 Å². The van der Waals surface area contributed by atoms with Crippen molar-refractivity contribution >= 4 is 5.91 Å². The molecule has 24 heavy (non-hydrogen) atoms. The highest BCUT2D eigenvalue weighted by molar-refractivity contribution is 5.81. The molecule has 0 unspecified atom stereocenters. The Hall–Kier alpha value is -0.610. The van der Waals surface area contributed by atoms with Crippen molar-refractivity contribution in [3.63, 3.8) is 0 Å². The first kappa shape index (κ1) is 14.5. The number of nitrogens with zero attached hydrogens (tertiary/aromatic N) is 3. The van der Waals surface area contributed by atoms with Crippen LogP contribution in [0.25, 0.3) is 0 Å². The number of piperidine rings is 3. The van der Waals surface area contributed by atoms with Crippen molar-refractivity contribution in [1.82, 2.24) is 14.7 Å². The smallest absolute Gasteiger partial charge is 0.228 e. The minimum Gasteiger partial charge on any atom is -0.326 e. The van der Waals surface area contributed by atoms with Gasteiger partial charge in [0, 0.05) is 24.5 Å². The third-order valence-electron chi connectivity index (χ3n) is 8.48. The van der Waals surface area contributed by atoms with E-state index in [4.69, 9.17) is 0 Å². The van der Waals surface area contributed by atoms with Crippen LogP contribution in [-0.4, -0.2) is 58.1 Å². The molecule has 132 valence electrons. The van der Waals surface area contributed by atoms with Crippen LogP contribution in [-0.2, 0) is 4.79 Å². The summed E-state index contributed by atoms with van der Waals surface area (Å²) in [6, 6.07) is 1.34. The lowest BCUT2D eigenvalue weighted by atomic mass is 9.65. The van der Waals surface area contributed by atoms with E-state index in [0.29, 0.717) is 30.2 Å². The largest absolute Gasteiger partial charge is 0.326 e. The Bertz CT molecular complexity index is 551. The van der Waals surface area contributed by atoms with Gasteiger partial charge in [0.25, 0.3) is 0 Å². The van der Waals surface area contributed by atoms with Crippen LogP contribution in [0.4, 0.5) is 0 Å². The molecular formula is C20H31N3O. The molecule has 6 fully saturated rings. The molecule has 0 aromatic heterocycles. The summed E-state index contributed by atoms with van der Waals surface area (Å²) in [6.45, 7) is 2.34. The van der Waals surface area contributed by atoms with Gasteiger partial charge in [0.15, 0.2) is 0 Å². The summed E-state index contributed by atoms with van der Waals surface area (Å²) in [6.07, 6.45) is 14.4. The predicted octanol–water partition coefficient (Wildman–Crippen LogP) is 2.64. The molecule has 1 amide bonds. The standard InChI is InChI=1S/C20H31N3O/c24-20-15-6-3-5-13-9-10-17-21-11-2-1-8-16(21)14-7-4-12-22(20)19(14)23(17)18(13)15/h13-19H,1-12H2/t13-,14-,15-,16-,17-,18-,19-/m0/s1. The number of amides is 1. The normalized spacial score (nSPS) is 51.1. The molecule has 0 aromatic carbocycles. The summed E-state index contributed by atoms with van der Waals surface area (Å²) in [5, 5.41) is 0. The zero-order valence-electron chi connectivity index (χ0n) is 14.8. The Balaban J connectivity index is 1.47. The maximum Gasteiger partial charge on any atom is 0.228 e. The molecule has 0 radical (unpaired) electrons. The van der Waals surface area contributed by atoms with Gasteiger partial charge in [-0.2, -0.15) is 0 Å². The number of rotatable bonds is 0. The highest BCUT2D eigenvalue weighted by Gasteiger charge is 2.62. The zero-order valence-corrected chi connectivity index (χ0v) is 14.8. The first-order valence-corrected chi connectivity index (χ1v) is 10.7. The number of fused-ring (bicyclic) bond motifs is 3. The zero-order chi connectivity index (χ0) is 15.8. The van der Waals surface area contributed by atoms with Gasteiger partial charge in [-0.3, -0.25) is 14.6 Å². The molecule has 5 aliphatic heterocycles. The topological polar surface area (TPSA) is 26.8 Å². The fraction of sp³-hybridized carbons (Fsp3) is 0.950. The van der Waals surface area contributed by atoms with Gasteiger partial charge in [0.2, 0.25) is 5.91 Å². The van der Waals surface area contributed by atoms with Crippen molar-refractivity contribution in [2.75, 3.05) is 13.1 Å². The van der Waals surface area contributed by atoms with Gasteiger partial charge < -0.3 is 4.90 Å². The third kappa shape index (κ3) is 1.74. The molecule has 0 aromatic rings. The molecule has 4 nitrogen and oxygen atoms in total. The van der Waals surface area contributed by atoms with E-state index in [2.05, 4.69) is 14.7 Å². The monoisotopic (exact) mass is 329 g/mol. The first-order chi connectivity index (χ1) is 11.8. The predicted molar refractivity (Wildman–Crippen MR) is 92.1 cm³/mol. The van der Waals surface area contributed by atoms with Gasteiger partial charge in [-0.25, -0.2) is 0 Å². The van der Waals surface area contributed by atoms with Gasteiger partial charge in [-0.15, -0.1) is 0 Å². The van der Waals surface area contributed by atoms with Crippen molar-refractivity contribution in [3.05, 3.63) is 0 Å². The van der Waals surface area contributed by atoms with E-state index in [9.17, 15) is 4.79 Å². The average molecular weight is 329 g/mol. The summed E-state index contributed by atoms with van der Waals surface area (Å²) in [7, 11) is 0. The van der Waals surface area contributed by atoms with Crippen LogP contribution in [0.15, 0.2) is 0 Å². The molecular weight excluding hydrogens is 298 g/mol. The summed E-state index contributed by atoms with van der Waals surface area (Å²) in [4.78, 5) is 21.5. The van der Waals surface area contributed by atoms with Crippen molar-refractivity contribution in [1.29, 1.82) is 0 Å². The fourth-order valence-electron chi connectivity index (χ4n) is 7.75. The Morgan fingerprint density at radius 2 is 1.79 bits per heavy atom. The molecule has 4 heteroatoms. The second-order valence-electron chi connectivity index (χ2n) is 9.35. The highest BCUT2D eigenvalue weighted by atomic mass is 16.2. The van der Waals surface area contributed by atoms with E-state index in [0.717, 1.165) is 30.8 Å². The number of carbonyl (C=O) groups is 1. The second kappa shape index (κ2) is 5.20. The maximum absolute atomic E-state index is 13.3. The van der Waals surface area contributed by atoms with Gasteiger partial charge in [0.1, 0.15) is 0 Å². The Labute approximate surface area is 145 Å². The minimum absolute atomic E-state index is 0.322. The van der Waals surface area contributed by atoms with E-state index in [-0.39, 0.29) is 0 Å². The third-order valence-corrected chi connectivity index (χ3v) is 8.48. The van der Waals surface area contributed by atoms with Crippen LogP contribution in [0.5, 0.6) is 0 Å². The van der Waals surface area contributed by atoms with Crippen LogP contribution in [0.1, 0.15) is 64.2 Å². The van der Waals surface area contributed by atoms with Gasteiger partial charge in [0.05, 0.1) is 18.2 Å². The van der Waals surface area contributed by atoms with Gasteiger partial charge in [-0.05, 0) is 63.8 Å². The number of hydrogen-bond donors (Lipinski definition) is 0.